The highest BCUT2D eigenvalue weighted by molar-refractivity contribution is 7.16. The molecule has 0 unspecified atom stereocenters. The fourth-order valence-electron chi connectivity index (χ4n) is 3.71. The van der Waals surface area contributed by atoms with Gasteiger partial charge in [-0.1, -0.05) is 11.6 Å². The molecule has 3 heterocycles. The van der Waals surface area contributed by atoms with Gasteiger partial charge in [-0.05, 0) is 37.1 Å². The number of hydrogen-bond acceptors (Lipinski definition) is 7. The number of rotatable bonds is 7. The van der Waals surface area contributed by atoms with Crippen LogP contribution in [0.3, 0.4) is 0 Å². The Balaban J connectivity index is 1.71. The predicted octanol–water partition coefficient (Wildman–Crippen LogP) is 4.95. The van der Waals surface area contributed by atoms with Crippen molar-refractivity contribution >= 4 is 34.7 Å². The molecule has 0 bridgehead atoms. The van der Waals surface area contributed by atoms with Crippen LogP contribution in [-0.4, -0.2) is 43.1 Å². The van der Waals surface area contributed by atoms with Gasteiger partial charge in [-0.25, -0.2) is 4.39 Å². The lowest BCUT2D eigenvalue weighted by Crippen LogP contribution is -2.23. The van der Waals surface area contributed by atoms with E-state index in [4.69, 9.17) is 25.8 Å². The zero-order chi connectivity index (χ0) is 22.7. The smallest absolute Gasteiger partial charge is 0.282 e. The van der Waals surface area contributed by atoms with Gasteiger partial charge in [0.25, 0.3) is 5.91 Å². The molecule has 1 fully saturated rings. The number of methoxy groups -OCH3 is 2. The van der Waals surface area contributed by atoms with E-state index in [0.29, 0.717) is 48.4 Å². The minimum atomic E-state index is -0.527. The highest BCUT2D eigenvalue weighted by atomic mass is 35.5. The van der Waals surface area contributed by atoms with Crippen LogP contribution in [-0.2, 0) is 11.3 Å². The molecule has 1 saturated heterocycles. The molecule has 0 atom stereocenters. The molecule has 3 aromatic rings. The van der Waals surface area contributed by atoms with Crippen molar-refractivity contribution in [1.29, 1.82) is 0 Å². The standard InChI is InChI=1S/C22H23ClFN3O4S/c1-29-14-3-5-16(17(11-14)30-2)22(28)27-20(13-7-9-31-10-8-13)19(24)21(26-27)25-12-15-4-6-18(23)32-15/h3-6,11,13H,7-10,12H2,1-2H3,(H,25,26). The number of thiophene rings is 1. The molecule has 10 heteroatoms. The van der Waals surface area contributed by atoms with Crippen LogP contribution in [0.5, 0.6) is 11.5 Å². The summed E-state index contributed by atoms with van der Waals surface area (Å²) in [6.45, 7) is 1.36. The van der Waals surface area contributed by atoms with E-state index in [1.807, 2.05) is 6.07 Å². The van der Waals surface area contributed by atoms with Gasteiger partial charge in [-0.2, -0.15) is 4.68 Å². The molecule has 0 radical (unpaired) electrons. The number of ether oxygens (including phenoxy) is 3. The normalized spacial score (nSPS) is 14.4. The maximum Gasteiger partial charge on any atom is 0.282 e. The zero-order valence-electron chi connectivity index (χ0n) is 17.7. The van der Waals surface area contributed by atoms with E-state index >= 15 is 4.39 Å². The van der Waals surface area contributed by atoms with Gasteiger partial charge in [0, 0.05) is 30.1 Å². The average molecular weight is 480 g/mol. The summed E-state index contributed by atoms with van der Waals surface area (Å²) in [5, 5.41) is 7.33. The Hall–Kier alpha value is -2.62. The Morgan fingerprint density at radius 1 is 1.28 bits per heavy atom. The number of benzene rings is 1. The van der Waals surface area contributed by atoms with Gasteiger partial charge in [0.2, 0.25) is 0 Å². The second-order valence-corrected chi connectivity index (χ2v) is 9.08. The SMILES string of the molecule is COc1ccc(C(=O)n2nc(NCc3ccc(Cl)s3)c(F)c2C2CCOCC2)c(OC)c1. The van der Waals surface area contributed by atoms with Crippen molar-refractivity contribution in [2.75, 3.05) is 32.8 Å². The van der Waals surface area contributed by atoms with E-state index in [1.165, 1.54) is 25.6 Å². The van der Waals surface area contributed by atoms with Crippen molar-refractivity contribution in [3.8, 4) is 11.5 Å². The van der Waals surface area contributed by atoms with Crippen LogP contribution in [0.2, 0.25) is 4.34 Å². The van der Waals surface area contributed by atoms with Gasteiger partial charge in [0.15, 0.2) is 11.6 Å². The maximum atomic E-state index is 15.5. The first-order valence-electron chi connectivity index (χ1n) is 10.1. The number of carbonyl (C=O) groups excluding carboxylic acids is 1. The number of hydrogen-bond donors (Lipinski definition) is 1. The molecular weight excluding hydrogens is 457 g/mol. The van der Waals surface area contributed by atoms with Crippen molar-refractivity contribution in [3.05, 3.63) is 56.6 Å². The molecule has 170 valence electrons. The monoisotopic (exact) mass is 479 g/mol. The molecule has 2 aromatic heterocycles. The van der Waals surface area contributed by atoms with Crippen molar-refractivity contribution in [1.82, 2.24) is 9.78 Å². The predicted molar refractivity (Wildman–Crippen MR) is 121 cm³/mol. The van der Waals surface area contributed by atoms with E-state index in [9.17, 15) is 4.79 Å². The van der Waals surface area contributed by atoms with Crippen molar-refractivity contribution < 1.29 is 23.4 Å². The maximum absolute atomic E-state index is 15.5. The van der Waals surface area contributed by atoms with Gasteiger partial charge in [0.1, 0.15) is 11.5 Å². The average Bonchev–Trinajstić information content (AvgIpc) is 3.39. The first-order chi connectivity index (χ1) is 15.5. The van der Waals surface area contributed by atoms with Crippen LogP contribution in [0, 0.1) is 5.82 Å². The molecule has 32 heavy (non-hydrogen) atoms. The molecule has 1 N–H and O–H groups in total. The Labute approximate surface area is 194 Å². The van der Waals surface area contributed by atoms with Gasteiger partial charge in [0.05, 0.1) is 36.4 Å². The third-order valence-corrected chi connectivity index (χ3v) is 6.59. The van der Waals surface area contributed by atoms with Gasteiger partial charge in [-0.3, -0.25) is 4.79 Å². The summed E-state index contributed by atoms with van der Waals surface area (Å²) >= 11 is 7.38. The summed E-state index contributed by atoms with van der Waals surface area (Å²) in [5.41, 5.74) is 0.517. The molecule has 0 amide bonds. The van der Waals surface area contributed by atoms with E-state index in [2.05, 4.69) is 10.4 Å². The Bertz CT molecular complexity index is 1110. The molecule has 1 aliphatic rings. The molecule has 4 rings (SSSR count). The minimum Gasteiger partial charge on any atom is -0.497 e. The van der Waals surface area contributed by atoms with E-state index in [0.717, 1.165) is 9.56 Å². The molecule has 0 spiro atoms. The quantitative estimate of drug-likeness (QED) is 0.517. The summed E-state index contributed by atoms with van der Waals surface area (Å²) in [7, 11) is 2.99. The number of aromatic nitrogens is 2. The van der Waals surface area contributed by atoms with Crippen LogP contribution in [0.1, 0.15) is 39.7 Å². The number of carbonyl (C=O) groups is 1. The lowest BCUT2D eigenvalue weighted by Gasteiger charge is -2.22. The largest absolute Gasteiger partial charge is 0.497 e. The lowest BCUT2D eigenvalue weighted by atomic mass is 9.95. The number of nitrogens with one attached hydrogen (secondary N) is 1. The van der Waals surface area contributed by atoms with Crippen molar-refractivity contribution in [2.24, 2.45) is 0 Å². The molecule has 1 aromatic carbocycles. The van der Waals surface area contributed by atoms with Crippen LogP contribution in [0.15, 0.2) is 30.3 Å². The summed E-state index contributed by atoms with van der Waals surface area (Å²) in [6, 6.07) is 8.51. The highest BCUT2D eigenvalue weighted by Crippen LogP contribution is 2.34. The number of nitrogens with zero attached hydrogens (tertiary/aromatic N) is 2. The lowest BCUT2D eigenvalue weighted by molar-refractivity contribution is 0.0800. The first-order valence-corrected chi connectivity index (χ1v) is 11.3. The van der Waals surface area contributed by atoms with Gasteiger partial charge >= 0.3 is 0 Å². The van der Waals surface area contributed by atoms with Crippen LogP contribution in [0.4, 0.5) is 10.2 Å². The fourth-order valence-corrected chi connectivity index (χ4v) is 4.74. The summed E-state index contributed by atoms with van der Waals surface area (Å²) < 4.78 is 33.4. The van der Waals surface area contributed by atoms with E-state index in [1.54, 1.807) is 24.3 Å². The number of halogens is 2. The molecule has 1 aliphatic heterocycles. The number of anilines is 1. The summed E-state index contributed by atoms with van der Waals surface area (Å²) in [4.78, 5) is 14.4. The molecular formula is C22H23ClFN3O4S. The Morgan fingerprint density at radius 3 is 2.72 bits per heavy atom. The zero-order valence-corrected chi connectivity index (χ0v) is 19.3. The second-order valence-electron chi connectivity index (χ2n) is 7.28. The van der Waals surface area contributed by atoms with Crippen LogP contribution >= 0.6 is 22.9 Å². The summed E-state index contributed by atoms with van der Waals surface area (Å²) in [5.74, 6) is -0.289. The topological polar surface area (TPSA) is 74.6 Å². The Kier molecular flexibility index (Phi) is 6.98. The molecule has 0 saturated carbocycles. The van der Waals surface area contributed by atoms with Gasteiger partial charge in [-0.15, -0.1) is 16.4 Å². The third kappa shape index (κ3) is 4.60. The van der Waals surface area contributed by atoms with E-state index < -0.39 is 11.7 Å². The Morgan fingerprint density at radius 2 is 2.06 bits per heavy atom. The van der Waals surface area contributed by atoms with E-state index in [-0.39, 0.29) is 23.0 Å². The first kappa shape index (κ1) is 22.6. The summed E-state index contributed by atoms with van der Waals surface area (Å²) in [6.07, 6.45) is 1.21. The van der Waals surface area contributed by atoms with Crippen molar-refractivity contribution in [3.63, 3.8) is 0 Å². The molecule has 7 nitrogen and oxygen atoms in total. The fraction of sp³-hybridized carbons (Fsp3) is 0.364. The van der Waals surface area contributed by atoms with Crippen molar-refractivity contribution in [2.45, 2.75) is 25.3 Å². The van der Waals surface area contributed by atoms with Gasteiger partial charge < -0.3 is 19.5 Å². The van der Waals surface area contributed by atoms with Crippen LogP contribution < -0.4 is 14.8 Å². The third-order valence-electron chi connectivity index (χ3n) is 5.36. The second kappa shape index (κ2) is 9.89. The molecule has 0 aliphatic carbocycles. The van der Waals surface area contributed by atoms with Crippen LogP contribution in [0.25, 0.3) is 0 Å². The highest BCUT2D eigenvalue weighted by Gasteiger charge is 2.31. The minimum absolute atomic E-state index is 0.0249.